The highest BCUT2D eigenvalue weighted by Crippen LogP contribution is 2.26. The fourth-order valence-corrected chi connectivity index (χ4v) is 3.30. The molecule has 0 aliphatic heterocycles. The molecule has 1 aliphatic carbocycles. The van der Waals surface area contributed by atoms with E-state index < -0.39 is 0 Å². The summed E-state index contributed by atoms with van der Waals surface area (Å²) in [5.41, 5.74) is 2.24. The van der Waals surface area contributed by atoms with Crippen molar-refractivity contribution in [2.75, 3.05) is 19.0 Å². The number of hydrogen-bond acceptors (Lipinski definition) is 4. The molecule has 1 saturated carbocycles. The minimum absolute atomic E-state index is 0.111. The molecule has 0 atom stereocenters. The first-order valence-corrected chi connectivity index (χ1v) is 8.79. The fraction of sp³-hybridized carbons (Fsp3) is 0.579. The Kier molecular flexibility index (Phi) is 6.79. The number of hydrogen-bond donors (Lipinski definition) is 1. The van der Waals surface area contributed by atoms with E-state index >= 15 is 0 Å². The third kappa shape index (κ3) is 5.06. The van der Waals surface area contributed by atoms with Crippen LogP contribution >= 0.6 is 0 Å². The third-order valence-electron chi connectivity index (χ3n) is 4.54. The Morgan fingerprint density at radius 1 is 1.25 bits per heavy atom. The molecule has 1 fully saturated rings. The molecule has 1 amide bonds. The van der Waals surface area contributed by atoms with E-state index in [1.807, 2.05) is 6.07 Å². The van der Waals surface area contributed by atoms with Crippen molar-refractivity contribution < 1.29 is 14.3 Å². The van der Waals surface area contributed by atoms with E-state index in [-0.39, 0.29) is 11.9 Å². The van der Waals surface area contributed by atoms with Gasteiger partial charge in [0.2, 0.25) is 5.91 Å². The SMILES string of the molecule is CCOC(=O)c1ccc(NC(C)=O)c(CN(C)C2CCCCC2)c1. The second-order valence-electron chi connectivity index (χ2n) is 6.48. The second kappa shape index (κ2) is 8.83. The summed E-state index contributed by atoms with van der Waals surface area (Å²) in [5, 5.41) is 2.86. The van der Waals surface area contributed by atoms with Gasteiger partial charge in [-0.15, -0.1) is 0 Å². The summed E-state index contributed by atoms with van der Waals surface area (Å²) in [6.07, 6.45) is 6.29. The van der Waals surface area contributed by atoms with Gasteiger partial charge in [-0.1, -0.05) is 19.3 Å². The van der Waals surface area contributed by atoms with Gasteiger partial charge in [0.25, 0.3) is 0 Å². The highest BCUT2D eigenvalue weighted by Gasteiger charge is 2.20. The van der Waals surface area contributed by atoms with Crippen LogP contribution in [0.5, 0.6) is 0 Å². The maximum atomic E-state index is 12.0. The van der Waals surface area contributed by atoms with E-state index in [0.29, 0.717) is 24.8 Å². The lowest BCUT2D eigenvalue weighted by Crippen LogP contribution is -2.33. The Morgan fingerprint density at radius 2 is 1.96 bits per heavy atom. The number of nitrogens with zero attached hydrogens (tertiary/aromatic N) is 1. The first kappa shape index (κ1) is 18.5. The predicted molar refractivity (Wildman–Crippen MR) is 95.0 cm³/mol. The lowest BCUT2D eigenvalue weighted by atomic mass is 9.94. The highest BCUT2D eigenvalue weighted by molar-refractivity contribution is 5.93. The Bertz CT molecular complexity index is 580. The van der Waals surface area contributed by atoms with E-state index in [9.17, 15) is 9.59 Å². The average Bonchev–Trinajstić information content (AvgIpc) is 2.57. The Morgan fingerprint density at radius 3 is 2.58 bits per heavy atom. The van der Waals surface area contributed by atoms with Crippen LogP contribution in [0.15, 0.2) is 18.2 Å². The number of anilines is 1. The van der Waals surface area contributed by atoms with Crippen LogP contribution in [0, 0.1) is 0 Å². The first-order chi connectivity index (χ1) is 11.5. The molecule has 1 aromatic carbocycles. The lowest BCUT2D eigenvalue weighted by Gasteiger charge is -2.31. The molecule has 0 radical (unpaired) electrons. The number of rotatable bonds is 6. The summed E-state index contributed by atoms with van der Waals surface area (Å²) in [4.78, 5) is 25.8. The molecular weight excluding hydrogens is 304 g/mol. The zero-order valence-electron chi connectivity index (χ0n) is 14.9. The molecular formula is C19H28N2O3. The van der Waals surface area contributed by atoms with Crippen LogP contribution < -0.4 is 5.32 Å². The molecule has 1 aliphatic rings. The Labute approximate surface area is 144 Å². The van der Waals surface area contributed by atoms with Crippen LogP contribution in [0.1, 0.15) is 61.9 Å². The summed E-state index contributed by atoms with van der Waals surface area (Å²) in [7, 11) is 2.12. The molecule has 5 heteroatoms. The average molecular weight is 332 g/mol. The van der Waals surface area contributed by atoms with Crippen molar-refractivity contribution in [1.82, 2.24) is 4.90 Å². The first-order valence-electron chi connectivity index (χ1n) is 8.79. The Hall–Kier alpha value is -1.88. The number of carbonyl (C=O) groups excluding carboxylic acids is 2. The normalized spacial score (nSPS) is 15.3. The van der Waals surface area contributed by atoms with Gasteiger partial charge in [0.05, 0.1) is 12.2 Å². The topological polar surface area (TPSA) is 58.6 Å². The quantitative estimate of drug-likeness (QED) is 0.809. The maximum absolute atomic E-state index is 12.0. The number of benzene rings is 1. The Balaban J connectivity index is 2.20. The minimum Gasteiger partial charge on any atom is -0.462 e. The molecule has 0 aromatic heterocycles. The monoisotopic (exact) mass is 332 g/mol. The standard InChI is InChI=1S/C19H28N2O3/c1-4-24-19(23)15-10-11-18(20-14(2)22)16(12-15)13-21(3)17-8-6-5-7-9-17/h10-12,17H,4-9,13H2,1-3H3,(H,20,22). The summed E-state index contributed by atoms with van der Waals surface area (Å²) in [5.74, 6) is -0.436. The number of ether oxygens (including phenoxy) is 1. The zero-order valence-corrected chi connectivity index (χ0v) is 14.9. The van der Waals surface area contributed by atoms with Crippen LogP contribution in [-0.4, -0.2) is 36.5 Å². The van der Waals surface area contributed by atoms with Gasteiger partial charge in [-0.25, -0.2) is 4.79 Å². The van der Waals surface area contributed by atoms with Gasteiger partial charge < -0.3 is 10.1 Å². The molecule has 0 unspecified atom stereocenters. The van der Waals surface area contributed by atoms with Gasteiger partial charge >= 0.3 is 5.97 Å². The third-order valence-corrected chi connectivity index (χ3v) is 4.54. The molecule has 0 bridgehead atoms. The van der Waals surface area contributed by atoms with Crippen molar-refractivity contribution in [2.24, 2.45) is 0 Å². The molecule has 0 spiro atoms. The van der Waals surface area contributed by atoms with Crippen molar-refractivity contribution in [2.45, 2.75) is 58.5 Å². The van der Waals surface area contributed by atoms with Gasteiger partial charge in [-0.2, -0.15) is 0 Å². The van der Waals surface area contributed by atoms with Crippen molar-refractivity contribution in [3.05, 3.63) is 29.3 Å². The van der Waals surface area contributed by atoms with Crippen molar-refractivity contribution >= 4 is 17.6 Å². The molecule has 2 rings (SSSR count). The summed E-state index contributed by atoms with van der Waals surface area (Å²) < 4.78 is 5.09. The van der Waals surface area contributed by atoms with E-state index in [0.717, 1.165) is 11.3 Å². The van der Waals surface area contributed by atoms with Crippen LogP contribution in [-0.2, 0) is 16.1 Å². The summed E-state index contributed by atoms with van der Waals surface area (Å²) in [6.45, 7) is 4.34. The van der Waals surface area contributed by atoms with Crippen molar-refractivity contribution in [3.63, 3.8) is 0 Å². The second-order valence-corrected chi connectivity index (χ2v) is 6.48. The largest absolute Gasteiger partial charge is 0.462 e. The molecule has 132 valence electrons. The molecule has 0 heterocycles. The van der Waals surface area contributed by atoms with E-state index in [1.54, 1.807) is 19.1 Å². The summed E-state index contributed by atoms with van der Waals surface area (Å²) in [6, 6.07) is 5.89. The van der Waals surface area contributed by atoms with Gasteiger partial charge in [-0.3, -0.25) is 9.69 Å². The smallest absolute Gasteiger partial charge is 0.338 e. The van der Waals surface area contributed by atoms with Crippen LogP contribution in [0.2, 0.25) is 0 Å². The molecule has 0 saturated heterocycles. The van der Waals surface area contributed by atoms with Gasteiger partial charge in [0.15, 0.2) is 0 Å². The minimum atomic E-state index is -0.326. The summed E-state index contributed by atoms with van der Waals surface area (Å²) >= 11 is 0. The number of amides is 1. The van der Waals surface area contributed by atoms with Crippen molar-refractivity contribution in [1.29, 1.82) is 0 Å². The molecule has 5 nitrogen and oxygen atoms in total. The van der Waals surface area contributed by atoms with E-state index in [4.69, 9.17) is 4.74 Å². The van der Waals surface area contributed by atoms with Crippen LogP contribution in [0.3, 0.4) is 0 Å². The maximum Gasteiger partial charge on any atom is 0.338 e. The number of nitrogens with one attached hydrogen (secondary N) is 1. The van der Waals surface area contributed by atoms with Crippen molar-refractivity contribution in [3.8, 4) is 0 Å². The van der Waals surface area contributed by atoms with Gasteiger partial charge in [-0.05, 0) is 50.6 Å². The molecule has 1 N–H and O–H groups in total. The van der Waals surface area contributed by atoms with Crippen LogP contribution in [0.25, 0.3) is 0 Å². The van der Waals surface area contributed by atoms with Gasteiger partial charge in [0, 0.05) is 25.2 Å². The molecule has 24 heavy (non-hydrogen) atoms. The van der Waals surface area contributed by atoms with Crippen LogP contribution in [0.4, 0.5) is 5.69 Å². The number of carbonyl (C=O) groups is 2. The highest BCUT2D eigenvalue weighted by atomic mass is 16.5. The number of esters is 1. The molecule has 1 aromatic rings. The van der Waals surface area contributed by atoms with Gasteiger partial charge in [0.1, 0.15) is 0 Å². The predicted octanol–water partition coefficient (Wildman–Crippen LogP) is 3.59. The fourth-order valence-electron chi connectivity index (χ4n) is 3.30. The van der Waals surface area contributed by atoms with E-state index in [2.05, 4.69) is 17.3 Å². The lowest BCUT2D eigenvalue weighted by molar-refractivity contribution is -0.114. The van der Waals surface area contributed by atoms with E-state index in [1.165, 1.54) is 39.0 Å². The zero-order chi connectivity index (χ0) is 17.5.